The van der Waals surface area contributed by atoms with Crippen LogP contribution in [0.25, 0.3) is 6.08 Å². The van der Waals surface area contributed by atoms with Crippen LogP contribution in [0.2, 0.25) is 0 Å². The maximum absolute atomic E-state index is 13.3. The lowest BCUT2D eigenvalue weighted by Crippen LogP contribution is -2.13. The van der Waals surface area contributed by atoms with Crippen molar-refractivity contribution in [3.8, 4) is 11.8 Å². The molecule has 0 fully saturated rings. The molecule has 0 aliphatic heterocycles. The van der Waals surface area contributed by atoms with Crippen LogP contribution in [0.5, 0.6) is 5.75 Å². The van der Waals surface area contributed by atoms with Gasteiger partial charge in [0.05, 0.1) is 0 Å². The fourth-order valence-electron chi connectivity index (χ4n) is 2.74. The topological polar surface area (TPSA) is 62.1 Å². The average molecular weight is 386 g/mol. The molecular formula is C24H19FN2O2. The molecule has 0 heterocycles. The smallest absolute Gasteiger partial charge is 0.266 e. The van der Waals surface area contributed by atoms with Crippen molar-refractivity contribution >= 4 is 17.7 Å². The van der Waals surface area contributed by atoms with Crippen molar-refractivity contribution in [3.63, 3.8) is 0 Å². The van der Waals surface area contributed by atoms with Gasteiger partial charge in [-0.3, -0.25) is 4.79 Å². The molecule has 0 aliphatic rings. The molecule has 0 aliphatic carbocycles. The molecule has 29 heavy (non-hydrogen) atoms. The number of carbonyl (C=O) groups excluding carboxylic acids is 1. The van der Waals surface area contributed by atoms with Crippen LogP contribution < -0.4 is 10.1 Å². The normalized spacial score (nSPS) is 10.9. The van der Waals surface area contributed by atoms with Crippen molar-refractivity contribution in [2.75, 3.05) is 5.32 Å². The molecule has 0 unspecified atom stereocenters. The van der Waals surface area contributed by atoms with E-state index in [1.54, 1.807) is 42.5 Å². The van der Waals surface area contributed by atoms with Crippen LogP contribution in [0.15, 0.2) is 78.4 Å². The quantitative estimate of drug-likeness (QED) is 0.464. The summed E-state index contributed by atoms with van der Waals surface area (Å²) in [4.78, 5) is 12.5. The number of hydrogen-bond donors (Lipinski definition) is 1. The molecule has 0 atom stereocenters. The van der Waals surface area contributed by atoms with Crippen LogP contribution in [-0.2, 0) is 11.4 Å². The third-order valence-electron chi connectivity index (χ3n) is 4.14. The van der Waals surface area contributed by atoms with Crippen LogP contribution in [-0.4, -0.2) is 5.91 Å². The molecular weight excluding hydrogens is 367 g/mol. The van der Waals surface area contributed by atoms with E-state index in [0.717, 1.165) is 5.56 Å². The predicted molar refractivity (Wildman–Crippen MR) is 111 cm³/mol. The fourth-order valence-corrected chi connectivity index (χ4v) is 2.74. The van der Waals surface area contributed by atoms with E-state index in [4.69, 9.17) is 4.74 Å². The lowest BCUT2D eigenvalue weighted by Gasteiger charge is -2.10. The molecule has 0 spiro atoms. The fraction of sp³-hybridized carbons (Fsp3) is 0.0833. The Labute approximate surface area is 168 Å². The summed E-state index contributed by atoms with van der Waals surface area (Å²) < 4.78 is 19.1. The molecule has 3 rings (SSSR count). The van der Waals surface area contributed by atoms with E-state index < -0.39 is 5.91 Å². The lowest BCUT2D eigenvalue weighted by molar-refractivity contribution is -0.112. The Hall–Kier alpha value is -3.91. The van der Waals surface area contributed by atoms with Crippen molar-refractivity contribution in [2.45, 2.75) is 13.5 Å². The van der Waals surface area contributed by atoms with Gasteiger partial charge in [0.2, 0.25) is 0 Å². The second kappa shape index (κ2) is 9.34. The second-order valence-electron chi connectivity index (χ2n) is 6.45. The number of para-hydroxylation sites is 1. The Morgan fingerprint density at radius 2 is 1.90 bits per heavy atom. The average Bonchev–Trinajstić information content (AvgIpc) is 2.71. The first-order valence-electron chi connectivity index (χ1n) is 9.01. The molecule has 3 aromatic rings. The van der Waals surface area contributed by atoms with Gasteiger partial charge in [-0.15, -0.1) is 0 Å². The minimum Gasteiger partial charge on any atom is -0.488 e. The Kier molecular flexibility index (Phi) is 6.39. The molecule has 144 valence electrons. The molecule has 0 aromatic heterocycles. The van der Waals surface area contributed by atoms with E-state index >= 15 is 0 Å². The van der Waals surface area contributed by atoms with Gasteiger partial charge in [0.15, 0.2) is 0 Å². The number of carbonyl (C=O) groups is 1. The van der Waals surface area contributed by atoms with Crippen molar-refractivity contribution < 1.29 is 13.9 Å². The molecule has 1 N–H and O–H groups in total. The summed E-state index contributed by atoms with van der Waals surface area (Å²) in [7, 11) is 0. The van der Waals surface area contributed by atoms with Gasteiger partial charge in [-0.1, -0.05) is 42.5 Å². The number of rotatable bonds is 6. The molecule has 5 heteroatoms. The summed E-state index contributed by atoms with van der Waals surface area (Å²) in [6, 6.07) is 22.5. The van der Waals surface area contributed by atoms with Crippen molar-refractivity contribution in [1.29, 1.82) is 5.26 Å². The van der Waals surface area contributed by atoms with E-state index in [9.17, 15) is 14.4 Å². The van der Waals surface area contributed by atoms with Gasteiger partial charge in [0.1, 0.15) is 29.8 Å². The maximum Gasteiger partial charge on any atom is 0.266 e. The largest absolute Gasteiger partial charge is 0.488 e. The standard InChI is InChI=1S/C24H19FN2O2/c1-17-6-4-10-22(12-17)27-24(28)20(15-26)14-19-8-2-3-11-23(19)29-16-18-7-5-9-21(25)13-18/h2-14H,16H2,1H3,(H,27,28)/b20-14+. The summed E-state index contributed by atoms with van der Waals surface area (Å²) in [6.45, 7) is 2.09. The van der Waals surface area contributed by atoms with Gasteiger partial charge in [0, 0.05) is 11.3 Å². The number of aryl methyl sites for hydroxylation is 1. The third kappa shape index (κ3) is 5.53. The monoisotopic (exact) mass is 386 g/mol. The van der Waals surface area contributed by atoms with E-state index in [1.165, 1.54) is 18.2 Å². The minimum atomic E-state index is -0.502. The lowest BCUT2D eigenvalue weighted by atomic mass is 10.1. The first kappa shape index (κ1) is 19.8. The van der Waals surface area contributed by atoms with Crippen LogP contribution in [0.3, 0.4) is 0 Å². The number of nitrogens with zero attached hydrogens (tertiary/aromatic N) is 1. The highest BCUT2D eigenvalue weighted by atomic mass is 19.1. The number of halogens is 1. The van der Waals surface area contributed by atoms with Crippen LogP contribution in [0, 0.1) is 24.1 Å². The Morgan fingerprint density at radius 3 is 2.66 bits per heavy atom. The minimum absolute atomic E-state index is 0.0479. The van der Waals surface area contributed by atoms with Crippen LogP contribution >= 0.6 is 0 Å². The number of anilines is 1. The zero-order valence-corrected chi connectivity index (χ0v) is 15.9. The van der Waals surface area contributed by atoms with E-state index in [0.29, 0.717) is 22.6 Å². The second-order valence-corrected chi connectivity index (χ2v) is 6.45. The van der Waals surface area contributed by atoms with Crippen molar-refractivity contribution in [1.82, 2.24) is 0 Å². The van der Waals surface area contributed by atoms with Gasteiger partial charge in [-0.2, -0.15) is 5.26 Å². The first-order valence-corrected chi connectivity index (χ1v) is 9.01. The summed E-state index contributed by atoms with van der Waals surface area (Å²) >= 11 is 0. The Bertz CT molecular complexity index is 1100. The third-order valence-corrected chi connectivity index (χ3v) is 4.14. The zero-order valence-electron chi connectivity index (χ0n) is 15.9. The number of benzene rings is 3. The van der Waals surface area contributed by atoms with Crippen molar-refractivity contribution in [3.05, 3.63) is 101 Å². The summed E-state index contributed by atoms with van der Waals surface area (Å²) in [5, 5.41) is 12.2. The van der Waals surface area contributed by atoms with Crippen molar-refractivity contribution in [2.24, 2.45) is 0 Å². The molecule has 0 radical (unpaired) electrons. The zero-order chi connectivity index (χ0) is 20.6. The number of nitriles is 1. The summed E-state index contributed by atoms with van der Waals surface area (Å²) in [6.07, 6.45) is 1.48. The number of nitrogens with one attached hydrogen (secondary N) is 1. The van der Waals surface area contributed by atoms with Gasteiger partial charge in [-0.25, -0.2) is 4.39 Å². The highest BCUT2D eigenvalue weighted by molar-refractivity contribution is 6.09. The van der Waals surface area contributed by atoms with Gasteiger partial charge in [0.25, 0.3) is 5.91 Å². The molecule has 4 nitrogen and oxygen atoms in total. The highest BCUT2D eigenvalue weighted by Gasteiger charge is 2.11. The van der Waals surface area contributed by atoms with Gasteiger partial charge < -0.3 is 10.1 Å². The number of hydrogen-bond acceptors (Lipinski definition) is 3. The SMILES string of the molecule is Cc1cccc(NC(=O)/C(C#N)=C/c2ccccc2OCc2cccc(F)c2)c1. The highest BCUT2D eigenvalue weighted by Crippen LogP contribution is 2.23. The van der Waals surface area contributed by atoms with Gasteiger partial charge in [-0.05, 0) is 54.5 Å². The number of amides is 1. The Morgan fingerprint density at radius 1 is 1.10 bits per heavy atom. The maximum atomic E-state index is 13.3. The Balaban J connectivity index is 1.78. The van der Waals surface area contributed by atoms with E-state index in [2.05, 4.69) is 5.32 Å². The molecule has 1 amide bonds. The molecule has 0 saturated heterocycles. The molecule has 0 saturated carbocycles. The first-order chi connectivity index (χ1) is 14.0. The predicted octanol–water partition coefficient (Wildman–Crippen LogP) is 5.26. The molecule has 0 bridgehead atoms. The van der Waals surface area contributed by atoms with Crippen LogP contribution in [0.1, 0.15) is 16.7 Å². The van der Waals surface area contributed by atoms with Gasteiger partial charge >= 0.3 is 0 Å². The molecule has 3 aromatic carbocycles. The number of ether oxygens (including phenoxy) is 1. The van der Waals surface area contributed by atoms with E-state index in [-0.39, 0.29) is 18.0 Å². The summed E-state index contributed by atoms with van der Waals surface area (Å²) in [5.74, 6) is -0.343. The van der Waals surface area contributed by atoms with E-state index in [1.807, 2.05) is 31.2 Å². The van der Waals surface area contributed by atoms with Crippen LogP contribution in [0.4, 0.5) is 10.1 Å². The summed E-state index contributed by atoms with van der Waals surface area (Å²) in [5.41, 5.74) is 2.84.